The first-order valence-electron chi connectivity index (χ1n) is 5.07. The first kappa shape index (κ1) is 15.9. The van der Waals surface area contributed by atoms with E-state index < -0.39 is 35.2 Å². The van der Waals surface area contributed by atoms with Gasteiger partial charge in [-0.3, -0.25) is 10.9 Å². The Morgan fingerprint density at radius 1 is 0.950 bits per heavy atom. The van der Waals surface area contributed by atoms with Gasteiger partial charge in [-0.05, 0) is 18.2 Å². The summed E-state index contributed by atoms with van der Waals surface area (Å²) in [5.74, 6) is 0. The van der Waals surface area contributed by atoms with E-state index in [1.807, 2.05) is 10.9 Å². The normalized spacial score (nSPS) is 11.9. The van der Waals surface area contributed by atoms with Crippen molar-refractivity contribution in [1.82, 2.24) is 10.7 Å². The van der Waals surface area contributed by atoms with Crippen molar-refractivity contribution >= 4 is 11.7 Å². The molecule has 0 saturated heterocycles. The fourth-order valence-corrected chi connectivity index (χ4v) is 1.22. The molecule has 0 aromatic heterocycles. The van der Waals surface area contributed by atoms with Crippen LogP contribution in [0.25, 0.3) is 0 Å². The van der Waals surface area contributed by atoms with Gasteiger partial charge in [-0.2, -0.15) is 26.3 Å². The molecule has 1 rings (SSSR count). The second-order valence-corrected chi connectivity index (χ2v) is 3.62. The number of benzene rings is 1. The van der Waals surface area contributed by atoms with Crippen molar-refractivity contribution in [3.8, 4) is 0 Å². The standard InChI is InChI=1S/C10H9F6N3O/c1-17-8(20)19-18-7-3-5(9(11,12)13)2-6(4-7)10(14,15)16/h2-4,18H,1H3,(H2,17,19,20). The number of anilines is 1. The molecule has 0 heterocycles. The maximum Gasteiger partial charge on any atom is 0.416 e. The van der Waals surface area contributed by atoms with E-state index in [0.717, 1.165) is 0 Å². The molecule has 0 radical (unpaired) electrons. The molecule has 2 amide bonds. The molecule has 0 saturated carbocycles. The van der Waals surface area contributed by atoms with E-state index in [1.54, 1.807) is 0 Å². The largest absolute Gasteiger partial charge is 0.416 e. The molecule has 3 N–H and O–H groups in total. The smallest absolute Gasteiger partial charge is 0.340 e. The van der Waals surface area contributed by atoms with Crippen LogP contribution in [0.3, 0.4) is 0 Å². The molecule has 0 atom stereocenters. The van der Waals surface area contributed by atoms with Crippen LogP contribution in [0.15, 0.2) is 18.2 Å². The lowest BCUT2D eigenvalue weighted by Gasteiger charge is -2.15. The summed E-state index contributed by atoms with van der Waals surface area (Å²) in [4.78, 5) is 10.8. The third-order valence-corrected chi connectivity index (χ3v) is 2.14. The molecule has 112 valence electrons. The zero-order valence-electron chi connectivity index (χ0n) is 9.91. The van der Waals surface area contributed by atoms with Crippen LogP contribution in [0.2, 0.25) is 0 Å². The fraction of sp³-hybridized carbons (Fsp3) is 0.300. The van der Waals surface area contributed by atoms with E-state index >= 15 is 0 Å². The van der Waals surface area contributed by atoms with Crippen LogP contribution in [-0.2, 0) is 12.4 Å². The molecule has 0 aliphatic carbocycles. The van der Waals surface area contributed by atoms with Gasteiger partial charge < -0.3 is 5.32 Å². The lowest BCUT2D eigenvalue weighted by molar-refractivity contribution is -0.143. The first-order valence-corrected chi connectivity index (χ1v) is 5.07. The van der Waals surface area contributed by atoms with Gasteiger partial charge in [0.15, 0.2) is 0 Å². The van der Waals surface area contributed by atoms with E-state index in [0.29, 0.717) is 12.1 Å². The molecule has 0 unspecified atom stereocenters. The van der Waals surface area contributed by atoms with Gasteiger partial charge in [0, 0.05) is 7.05 Å². The third kappa shape index (κ3) is 4.21. The van der Waals surface area contributed by atoms with E-state index in [2.05, 4.69) is 5.32 Å². The number of amides is 2. The van der Waals surface area contributed by atoms with Crippen LogP contribution >= 0.6 is 0 Å². The predicted octanol–water partition coefficient (Wildman–Crippen LogP) is 2.98. The Kier molecular flexibility index (Phi) is 4.36. The molecule has 0 fully saturated rings. The number of hydrogen-bond donors (Lipinski definition) is 3. The van der Waals surface area contributed by atoms with Gasteiger partial charge in [-0.15, -0.1) is 0 Å². The van der Waals surface area contributed by atoms with Crippen molar-refractivity contribution in [3.05, 3.63) is 29.3 Å². The summed E-state index contributed by atoms with van der Waals surface area (Å²) in [5, 5.41) is 2.07. The quantitative estimate of drug-likeness (QED) is 0.581. The maximum absolute atomic E-state index is 12.5. The highest BCUT2D eigenvalue weighted by atomic mass is 19.4. The van der Waals surface area contributed by atoms with Crippen LogP contribution in [0.1, 0.15) is 11.1 Å². The van der Waals surface area contributed by atoms with Gasteiger partial charge in [-0.1, -0.05) is 0 Å². The molecular weight excluding hydrogens is 292 g/mol. The number of nitrogens with one attached hydrogen (secondary N) is 3. The van der Waals surface area contributed by atoms with Gasteiger partial charge in [0.25, 0.3) is 0 Å². The highest BCUT2D eigenvalue weighted by Gasteiger charge is 2.36. The Bertz CT molecular complexity index is 464. The van der Waals surface area contributed by atoms with Crippen LogP contribution in [0.4, 0.5) is 36.8 Å². The number of urea groups is 1. The van der Waals surface area contributed by atoms with Crippen LogP contribution in [0.5, 0.6) is 0 Å². The second kappa shape index (κ2) is 5.47. The van der Waals surface area contributed by atoms with Crippen molar-refractivity contribution < 1.29 is 31.1 Å². The average Bonchev–Trinajstić information content (AvgIpc) is 2.33. The summed E-state index contributed by atoms with van der Waals surface area (Å²) in [6.07, 6.45) is -9.88. The van der Waals surface area contributed by atoms with Gasteiger partial charge in [0.2, 0.25) is 0 Å². The minimum Gasteiger partial charge on any atom is -0.340 e. The lowest BCUT2D eigenvalue weighted by Crippen LogP contribution is -2.36. The number of alkyl halides is 6. The van der Waals surface area contributed by atoms with E-state index in [1.165, 1.54) is 7.05 Å². The van der Waals surface area contributed by atoms with Gasteiger partial charge in [-0.25, -0.2) is 4.79 Å². The number of rotatable bonds is 2. The minimum atomic E-state index is -4.94. The lowest BCUT2D eigenvalue weighted by atomic mass is 10.1. The number of carbonyl (C=O) groups is 1. The Morgan fingerprint density at radius 2 is 1.40 bits per heavy atom. The number of carbonyl (C=O) groups excluding carboxylic acids is 1. The average molecular weight is 301 g/mol. The summed E-state index contributed by atoms with van der Waals surface area (Å²) < 4.78 is 75.0. The van der Waals surface area contributed by atoms with Crippen molar-refractivity contribution in [1.29, 1.82) is 0 Å². The van der Waals surface area contributed by atoms with E-state index in [-0.39, 0.29) is 6.07 Å². The van der Waals surface area contributed by atoms with Gasteiger partial charge in [0.1, 0.15) is 0 Å². The van der Waals surface area contributed by atoms with Crippen LogP contribution in [0, 0.1) is 0 Å². The zero-order valence-corrected chi connectivity index (χ0v) is 9.91. The van der Waals surface area contributed by atoms with Crippen molar-refractivity contribution in [2.75, 3.05) is 12.5 Å². The van der Waals surface area contributed by atoms with Crippen molar-refractivity contribution in [2.24, 2.45) is 0 Å². The summed E-state index contributed by atoms with van der Waals surface area (Å²) in [6.45, 7) is 0. The van der Waals surface area contributed by atoms with Crippen LogP contribution in [-0.4, -0.2) is 13.1 Å². The fourth-order valence-electron chi connectivity index (χ4n) is 1.22. The third-order valence-electron chi connectivity index (χ3n) is 2.14. The molecule has 0 aliphatic heterocycles. The SMILES string of the molecule is CNC(=O)NNc1cc(C(F)(F)F)cc(C(F)(F)F)c1. The van der Waals surface area contributed by atoms with Gasteiger partial charge >= 0.3 is 18.4 Å². The summed E-state index contributed by atoms with van der Waals surface area (Å²) >= 11 is 0. The molecule has 1 aromatic carbocycles. The van der Waals surface area contributed by atoms with Crippen molar-refractivity contribution in [2.45, 2.75) is 12.4 Å². The first-order chi connectivity index (χ1) is 9.04. The molecular formula is C10H9F6N3O. The Labute approximate surface area is 109 Å². The number of hydrogen-bond acceptors (Lipinski definition) is 2. The molecule has 0 bridgehead atoms. The Hall–Kier alpha value is -2.13. The van der Waals surface area contributed by atoms with Crippen molar-refractivity contribution in [3.63, 3.8) is 0 Å². The molecule has 20 heavy (non-hydrogen) atoms. The molecule has 10 heteroatoms. The summed E-state index contributed by atoms with van der Waals surface area (Å²) in [7, 11) is 1.23. The molecule has 0 spiro atoms. The highest BCUT2D eigenvalue weighted by molar-refractivity contribution is 5.75. The molecule has 0 aliphatic rings. The maximum atomic E-state index is 12.5. The predicted molar refractivity (Wildman–Crippen MR) is 57.7 cm³/mol. The van der Waals surface area contributed by atoms with E-state index in [9.17, 15) is 31.1 Å². The van der Waals surface area contributed by atoms with E-state index in [4.69, 9.17) is 0 Å². The Balaban J connectivity index is 3.14. The second-order valence-electron chi connectivity index (χ2n) is 3.62. The number of halogens is 6. The minimum absolute atomic E-state index is 0.00886. The Morgan fingerprint density at radius 3 is 1.75 bits per heavy atom. The van der Waals surface area contributed by atoms with Crippen LogP contribution < -0.4 is 16.2 Å². The monoisotopic (exact) mass is 301 g/mol. The summed E-state index contributed by atoms with van der Waals surface area (Å²) in [6, 6.07) is 0.0671. The number of hydrazine groups is 1. The highest BCUT2D eigenvalue weighted by Crippen LogP contribution is 2.37. The van der Waals surface area contributed by atoms with Gasteiger partial charge in [0.05, 0.1) is 16.8 Å². The topological polar surface area (TPSA) is 53.2 Å². The zero-order chi connectivity index (χ0) is 15.6. The molecule has 1 aromatic rings. The summed E-state index contributed by atoms with van der Waals surface area (Å²) in [5.41, 5.74) is 0.327. The molecule has 4 nitrogen and oxygen atoms in total.